The third-order valence-corrected chi connectivity index (χ3v) is 5.10. The van der Waals surface area contributed by atoms with Crippen molar-refractivity contribution in [1.29, 1.82) is 0 Å². The molecule has 1 heterocycles. The molecule has 7 heteroatoms. The van der Waals surface area contributed by atoms with E-state index in [9.17, 15) is 18.0 Å². The SMILES string of the molecule is CCCN(CC(=O)OCC)C(=O)CC1CCS(=O)(=O)C1. The van der Waals surface area contributed by atoms with Gasteiger partial charge in [-0.05, 0) is 25.7 Å². The first-order chi connectivity index (χ1) is 9.38. The summed E-state index contributed by atoms with van der Waals surface area (Å²) in [6.45, 7) is 4.35. The van der Waals surface area contributed by atoms with Crippen molar-refractivity contribution in [2.75, 3.05) is 31.2 Å². The maximum atomic E-state index is 12.2. The Hall–Kier alpha value is -1.11. The fourth-order valence-corrected chi connectivity index (χ4v) is 4.20. The van der Waals surface area contributed by atoms with Crippen LogP contribution in [0.3, 0.4) is 0 Å². The Balaban J connectivity index is 2.53. The van der Waals surface area contributed by atoms with Crippen LogP contribution in [0.5, 0.6) is 0 Å². The number of carbonyl (C=O) groups is 2. The van der Waals surface area contributed by atoms with Crippen molar-refractivity contribution in [1.82, 2.24) is 4.90 Å². The summed E-state index contributed by atoms with van der Waals surface area (Å²) in [5.41, 5.74) is 0. The first-order valence-electron chi connectivity index (χ1n) is 7.01. The van der Waals surface area contributed by atoms with Crippen LogP contribution in [-0.2, 0) is 24.2 Å². The minimum atomic E-state index is -2.97. The Morgan fingerprint density at radius 2 is 2.00 bits per heavy atom. The lowest BCUT2D eigenvalue weighted by atomic mass is 10.0. The van der Waals surface area contributed by atoms with Crippen LogP contribution < -0.4 is 0 Å². The molecule has 0 radical (unpaired) electrons. The summed E-state index contributed by atoms with van der Waals surface area (Å²) in [7, 11) is -2.97. The summed E-state index contributed by atoms with van der Waals surface area (Å²) in [6, 6.07) is 0. The van der Waals surface area contributed by atoms with Crippen molar-refractivity contribution >= 4 is 21.7 Å². The van der Waals surface area contributed by atoms with E-state index < -0.39 is 15.8 Å². The van der Waals surface area contributed by atoms with Gasteiger partial charge in [0, 0.05) is 13.0 Å². The highest BCUT2D eigenvalue weighted by Gasteiger charge is 2.31. The van der Waals surface area contributed by atoms with E-state index in [-0.39, 0.29) is 42.9 Å². The molecule has 116 valence electrons. The normalized spacial score (nSPS) is 20.6. The van der Waals surface area contributed by atoms with E-state index >= 15 is 0 Å². The highest BCUT2D eigenvalue weighted by molar-refractivity contribution is 7.91. The van der Waals surface area contributed by atoms with Crippen molar-refractivity contribution in [2.45, 2.75) is 33.1 Å². The van der Waals surface area contributed by atoms with Gasteiger partial charge in [-0.2, -0.15) is 0 Å². The number of ether oxygens (including phenoxy) is 1. The first kappa shape index (κ1) is 16.9. The van der Waals surface area contributed by atoms with E-state index in [0.717, 1.165) is 6.42 Å². The van der Waals surface area contributed by atoms with E-state index in [4.69, 9.17) is 4.74 Å². The molecule has 1 saturated heterocycles. The molecular weight excluding hydrogens is 282 g/mol. The summed E-state index contributed by atoms with van der Waals surface area (Å²) >= 11 is 0. The van der Waals surface area contributed by atoms with Gasteiger partial charge in [-0.15, -0.1) is 0 Å². The molecule has 0 saturated carbocycles. The zero-order chi connectivity index (χ0) is 15.2. The second-order valence-electron chi connectivity index (χ2n) is 5.09. The number of carbonyl (C=O) groups excluding carboxylic acids is 2. The standard InChI is InChI=1S/C13H23NO5S/c1-3-6-14(9-13(16)19-4-2)12(15)8-11-5-7-20(17,18)10-11/h11H,3-10H2,1-2H3. The fraction of sp³-hybridized carbons (Fsp3) is 0.846. The maximum absolute atomic E-state index is 12.2. The Morgan fingerprint density at radius 1 is 1.30 bits per heavy atom. The molecule has 0 aliphatic carbocycles. The number of amides is 1. The molecule has 1 aliphatic rings. The smallest absolute Gasteiger partial charge is 0.325 e. The molecule has 1 atom stereocenters. The summed E-state index contributed by atoms with van der Waals surface area (Å²) in [5.74, 6) is -0.460. The zero-order valence-electron chi connectivity index (χ0n) is 12.1. The largest absolute Gasteiger partial charge is 0.465 e. The van der Waals surface area contributed by atoms with Gasteiger partial charge in [0.2, 0.25) is 5.91 Å². The van der Waals surface area contributed by atoms with Gasteiger partial charge in [-0.1, -0.05) is 6.92 Å². The Bertz CT molecular complexity index is 446. The molecule has 0 N–H and O–H groups in total. The van der Waals surface area contributed by atoms with Gasteiger partial charge in [0.1, 0.15) is 6.54 Å². The molecule has 6 nitrogen and oxygen atoms in total. The lowest BCUT2D eigenvalue weighted by molar-refractivity contribution is -0.149. The minimum absolute atomic E-state index is 0.0556. The summed E-state index contributed by atoms with van der Waals surface area (Å²) in [6.07, 6.45) is 1.47. The van der Waals surface area contributed by atoms with Gasteiger partial charge >= 0.3 is 5.97 Å². The topological polar surface area (TPSA) is 80.8 Å². The average molecular weight is 305 g/mol. The third kappa shape index (κ3) is 5.48. The van der Waals surface area contributed by atoms with E-state index in [0.29, 0.717) is 13.0 Å². The lowest BCUT2D eigenvalue weighted by Gasteiger charge is -2.22. The molecule has 1 rings (SSSR count). The molecule has 20 heavy (non-hydrogen) atoms. The second-order valence-corrected chi connectivity index (χ2v) is 7.32. The van der Waals surface area contributed by atoms with Gasteiger partial charge in [0.15, 0.2) is 9.84 Å². The molecule has 0 aromatic carbocycles. The van der Waals surface area contributed by atoms with Crippen LogP contribution in [-0.4, -0.2) is 56.4 Å². The van der Waals surface area contributed by atoms with E-state index in [1.54, 1.807) is 6.92 Å². The second kappa shape index (κ2) is 7.61. The molecule has 1 amide bonds. The van der Waals surface area contributed by atoms with Crippen LogP contribution in [0, 0.1) is 5.92 Å². The minimum Gasteiger partial charge on any atom is -0.465 e. The average Bonchev–Trinajstić information content (AvgIpc) is 2.68. The number of rotatable bonds is 7. The predicted octanol–water partition coefficient (Wildman–Crippen LogP) is 0.613. The van der Waals surface area contributed by atoms with Crippen molar-refractivity contribution in [3.63, 3.8) is 0 Å². The van der Waals surface area contributed by atoms with Gasteiger partial charge in [-0.3, -0.25) is 9.59 Å². The molecule has 1 fully saturated rings. The number of sulfone groups is 1. The molecular formula is C13H23NO5S. The summed E-state index contributed by atoms with van der Waals surface area (Å²) in [4.78, 5) is 25.1. The number of nitrogens with zero attached hydrogens (tertiary/aromatic N) is 1. The van der Waals surface area contributed by atoms with Crippen LogP contribution >= 0.6 is 0 Å². The summed E-state index contributed by atoms with van der Waals surface area (Å²) in [5, 5.41) is 0. The van der Waals surface area contributed by atoms with Crippen LogP contribution in [0.1, 0.15) is 33.1 Å². The Labute approximate surface area is 120 Å². The van der Waals surface area contributed by atoms with Crippen molar-refractivity contribution < 1.29 is 22.7 Å². The summed E-state index contributed by atoms with van der Waals surface area (Å²) < 4.78 is 27.6. The van der Waals surface area contributed by atoms with Crippen molar-refractivity contribution in [2.24, 2.45) is 5.92 Å². The number of hydrogen-bond donors (Lipinski definition) is 0. The molecule has 0 aromatic heterocycles. The van der Waals surface area contributed by atoms with E-state index in [2.05, 4.69) is 0 Å². The maximum Gasteiger partial charge on any atom is 0.325 e. The van der Waals surface area contributed by atoms with Crippen LogP contribution in [0.2, 0.25) is 0 Å². The van der Waals surface area contributed by atoms with Crippen LogP contribution in [0.25, 0.3) is 0 Å². The first-order valence-corrected chi connectivity index (χ1v) is 8.84. The quantitative estimate of drug-likeness (QED) is 0.644. The number of esters is 1. The third-order valence-electron chi connectivity index (χ3n) is 3.26. The Kier molecular flexibility index (Phi) is 6.45. The van der Waals surface area contributed by atoms with Gasteiger partial charge in [0.05, 0.1) is 18.1 Å². The highest BCUT2D eigenvalue weighted by atomic mass is 32.2. The monoisotopic (exact) mass is 305 g/mol. The molecule has 1 aliphatic heterocycles. The van der Waals surface area contributed by atoms with E-state index in [1.165, 1.54) is 4.90 Å². The zero-order valence-corrected chi connectivity index (χ0v) is 12.9. The van der Waals surface area contributed by atoms with E-state index in [1.807, 2.05) is 6.92 Å². The highest BCUT2D eigenvalue weighted by Crippen LogP contribution is 2.22. The lowest BCUT2D eigenvalue weighted by Crippen LogP contribution is -2.38. The predicted molar refractivity (Wildman–Crippen MR) is 74.9 cm³/mol. The molecule has 1 unspecified atom stereocenters. The van der Waals surface area contributed by atoms with Crippen LogP contribution in [0.15, 0.2) is 0 Å². The molecule has 0 bridgehead atoms. The van der Waals surface area contributed by atoms with Crippen molar-refractivity contribution in [3.05, 3.63) is 0 Å². The van der Waals surface area contributed by atoms with Crippen molar-refractivity contribution in [3.8, 4) is 0 Å². The Morgan fingerprint density at radius 3 is 2.50 bits per heavy atom. The van der Waals surface area contributed by atoms with Crippen LogP contribution in [0.4, 0.5) is 0 Å². The fourth-order valence-electron chi connectivity index (χ4n) is 2.33. The van der Waals surface area contributed by atoms with Gasteiger partial charge in [-0.25, -0.2) is 8.42 Å². The molecule has 0 spiro atoms. The van der Waals surface area contributed by atoms with Gasteiger partial charge in [0.25, 0.3) is 0 Å². The van der Waals surface area contributed by atoms with Gasteiger partial charge < -0.3 is 9.64 Å². The molecule has 0 aromatic rings. The number of hydrogen-bond acceptors (Lipinski definition) is 5.